The summed E-state index contributed by atoms with van der Waals surface area (Å²) in [5.41, 5.74) is 1.20. The highest BCUT2D eigenvalue weighted by molar-refractivity contribution is 5.94. The Labute approximate surface area is 156 Å². The molecule has 1 aliphatic rings. The number of aromatic nitrogens is 1. The fraction of sp³-hybridized carbons (Fsp3) is 0.238. The van der Waals surface area contributed by atoms with E-state index in [0.717, 1.165) is 24.2 Å². The van der Waals surface area contributed by atoms with E-state index in [0.29, 0.717) is 17.4 Å². The molecule has 1 unspecified atom stereocenters. The van der Waals surface area contributed by atoms with E-state index >= 15 is 0 Å². The molecule has 3 aromatic rings. The molecule has 1 aliphatic carbocycles. The minimum Gasteiger partial charge on any atom is -0.497 e. The van der Waals surface area contributed by atoms with Gasteiger partial charge in [-0.05, 0) is 60.7 Å². The molecular formula is C21H20N2O4. The van der Waals surface area contributed by atoms with Crippen molar-refractivity contribution >= 4 is 5.91 Å². The zero-order chi connectivity index (χ0) is 18.8. The van der Waals surface area contributed by atoms with Gasteiger partial charge in [0.1, 0.15) is 17.1 Å². The molecule has 0 spiro atoms. The summed E-state index contributed by atoms with van der Waals surface area (Å²) in [6.07, 6.45) is 3.65. The highest BCUT2D eigenvalue weighted by atomic mass is 16.5. The zero-order valence-corrected chi connectivity index (χ0v) is 14.9. The first kappa shape index (κ1) is 17.1. The van der Waals surface area contributed by atoms with E-state index in [-0.39, 0.29) is 17.5 Å². The number of aromatic amines is 1. The van der Waals surface area contributed by atoms with Crippen LogP contribution in [0.15, 0.2) is 64.0 Å². The Bertz CT molecular complexity index is 986. The molecule has 0 bridgehead atoms. The zero-order valence-electron chi connectivity index (χ0n) is 14.9. The second-order valence-electron chi connectivity index (χ2n) is 6.65. The molecule has 0 aliphatic heterocycles. The lowest BCUT2D eigenvalue weighted by molar-refractivity contribution is 0.0930. The molecule has 2 heterocycles. The molecule has 2 aromatic heterocycles. The number of rotatable bonds is 6. The molecule has 6 heteroatoms. The number of pyridine rings is 1. The van der Waals surface area contributed by atoms with Crippen molar-refractivity contribution in [3.8, 4) is 17.2 Å². The van der Waals surface area contributed by atoms with Gasteiger partial charge < -0.3 is 19.5 Å². The number of hydrogen-bond donors (Lipinski definition) is 2. The van der Waals surface area contributed by atoms with Crippen molar-refractivity contribution in [3.05, 3.63) is 76.3 Å². The third-order valence-electron chi connectivity index (χ3n) is 4.80. The van der Waals surface area contributed by atoms with Crippen LogP contribution in [0.1, 0.15) is 34.8 Å². The SMILES string of the molecule is COc1ccc(C(NC(=O)c2ccc(-c3ccco3)[nH]c2=O)C2CC2)cc1. The molecule has 0 saturated heterocycles. The van der Waals surface area contributed by atoms with Crippen molar-refractivity contribution in [2.45, 2.75) is 18.9 Å². The number of hydrogen-bond acceptors (Lipinski definition) is 4. The standard InChI is InChI=1S/C21H20N2O4/c1-26-15-8-6-14(7-9-15)19(13-4-5-13)23-21(25)16-10-11-17(22-20(16)24)18-3-2-12-27-18/h2-3,6-13,19H,4-5H2,1H3,(H,22,24)(H,23,25). The topological polar surface area (TPSA) is 84.3 Å². The molecule has 1 aromatic carbocycles. The molecule has 1 amide bonds. The van der Waals surface area contributed by atoms with E-state index in [1.165, 1.54) is 12.3 Å². The number of furan rings is 1. The van der Waals surface area contributed by atoms with Crippen molar-refractivity contribution < 1.29 is 13.9 Å². The molecule has 0 radical (unpaired) electrons. The van der Waals surface area contributed by atoms with Gasteiger partial charge >= 0.3 is 0 Å². The summed E-state index contributed by atoms with van der Waals surface area (Å²) in [4.78, 5) is 27.8. The number of carbonyl (C=O) groups excluding carboxylic acids is 1. The number of nitrogens with one attached hydrogen (secondary N) is 2. The number of H-pyrrole nitrogens is 1. The maximum atomic E-state index is 12.7. The van der Waals surface area contributed by atoms with Crippen LogP contribution < -0.4 is 15.6 Å². The molecule has 1 fully saturated rings. The van der Waals surface area contributed by atoms with E-state index < -0.39 is 5.56 Å². The van der Waals surface area contributed by atoms with Gasteiger partial charge in [-0.15, -0.1) is 0 Å². The van der Waals surface area contributed by atoms with Crippen LogP contribution in [-0.4, -0.2) is 18.0 Å². The average Bonchev–Trinajstić information content (AvgIpc) is 3.38. The quantitative estimate of drug-likeness (QED) is 0.701. The average molecular weight is 364 g/mol. The third kappa shape index (κ3) is 3.65. The van der Waals surface area contributed by atoms with Crippen molar-refractivity contribution in [2.75, 3.05) is 7.11 Å². The predicted octanol–water partition coefficient (Wildman–Crippen LogP) is 3.52. The Kier molecular flexibility index (Phi) is 4.54. The fourth-order valence-electron chi connectivity index (χ4n) is 3.16. The summed E-state index contributed by atoms with van der Waals surface area (Å²) in [7, 11) is 1.62. The van der Waals surface area contributed by atoms with E-state index in [2.05, 4.69) is 10.3 Å². The highest BCUT2D eigenvalue weighted by Gasteiger charge is 2.34. The Morgan fingerprint density at radius 1 is 1.19 bits per heavy atom. The summed E-state index contributed by atoms with van der Waals surface area (Å²) < 4.78 is 10.5. The lowest BCUT2D eigenvalue weighted by Gasteiger charge is -2.19. The van der Waals surface area contributed by atoms with Gasteiger partial charge in [-0.3, -0.25) is 9.59 Å². The van der Waals surface area contributed by atoms with E-state index in [9.17, 15) is 9.59 Å². The number of benzene rings is 1. The van der Waals surface area contributed by atoms with Gasteiger partial charge in [-0.25, -0.2) is 0 Å². The molecule has 2 N–H and O–H groups in total. The van der Waals surface area contributed by atoms with Gasteiger partial charge in [0.2, 0.25) is 0 Å². The Morgan fingerprint density at radius 3 is 2.56 bits per heavy atom. The molecule has 27 heavy (non-hydrogen) atoms. The minimum atomic E-state index is -0.439. The van der Waals surface area contributed by atoms with Crippen LogP contribution in [0.25, 0.3) is 11.5 Å². The second-order valence-corrected chi connectivity index (χ2v) is 6.65. The minimum absolute atomic E-state index is 0.0875. The van der Waals surface area contributed by atoms with Crippen LogP contribution in [0.4, 0.5) is 0 Å². The molecule has 6 nitrogen and oxygen atoms in total. The van der Waals surface area contributed by atoms with Gasteiger partial charge in [0.15, 0.2) is 0 Å². The number of methoxy groups -OCH3 is 1. The van der Waals surface area contributed by atoms with Crippen molar-refractivity contribution in [3.63, 3.8) is 0 Å². The molecule has 1 saturated carbocycles. The summed E-state index contributed by atoms with van der Waals surface area (Å²) in [6.45, 7) is 0. The third-order valence-corrected chi connectivity index (χ3v) is 4.80. The highest BCUT2D eigenvalue weighted by Crippen LogP contribution is 2.41. The van der Waals surface area contributed by atoms with Gasteiger partial charge in [0.05, 0.1) is 25.1 Å². The smallest absolute Gasteiger partial charge is 0.261 e. The lowest BCUT2D eigenvalue weighted by atomic mass is 10.0. The first-order valence-corrected chi connectivity index (χ1v) is 8.88. The van der Waals surface area contributed by atoms with E-state index in [1.807, 2.05) is 24.3 Å². The summed E-state index contributed by atoms with van der Waals surface area (Å²) in [6, 6.07) is 14.2. The van der Waals surface area contributed by atoms with Crippen LogP contribution in [-0.2, 0) is 0 Å². The maximum Gasteiger partial charge on any atom is 0.261 e. The Morgan fingerprint density at radius 2 is 1.96 bits per heavy atom. The number of ether oxygens (including phenoxy) is 1. The first-order valence-electron chi connectivity index (χ1n) is 8.88. The van der Waals surface area contributed by atoms with Crippen LogP contribution in [0, 0.1) is 5.92 Å². The van der Waals surface area contributed by atoms with Gasteiger partial charge in [0, 0.05) is 0 Å². The molecular weight excluding hydrogens is 344 g/mol. The lowest BCUT2D eigenvalue weighted by Crippen LogP contribution is -2.33. The van der Waals surface area contributed by atoms with E-state index in [1.54, 1.807) is 25.3 Å². The number of carbonyl (C=O) groups is 1. The summed E-state index contributed by atoms with van der Waals surface area (Å²) in [5.74, 6) is 1.33. The van der Waals surface area contributed by atoms with Gasteiger partial charge in [-0.1, -0.05) is 12.1 Å². The molecule has 1 atom stereocenters. The monoisotopic (exact) mass is 364 g/mol. The predicted molar refractivity (Wildman–Crippen MR) is 101 cm³/mol. The van der Waals surface area contributed by atoms with Crippen LogP contribution >= 0.6 is 0 Å². The van der Waals surface area contributed by atoms with E-state index in [4.69, 9.17) is 9.15 Å². The normalized spacial score (nSPS) is 14.6. The fourth-order valence-corrected chi connectivity index (χ4v) is 3.16. The van der Waals surface area contributed by atoms with Crippen LogP contribution in [0.3, 0.4) is 0 Å². The van der Waals surface area contributed by atoms with Crippen molar-refractivity contribution in [2.24, 2.45) is 5.92 Å². The summed E-state index contributed by atoms with van der Waals surface area (Å²) >= 11 is 0. The van der Waals surface area contributed by atoms with Crippen molar-refractivity contribution in [1.29, 1.82) is 0 Å². The van der Waals surface area contributed by atoms with Gasteiger partial charge in [-0.2, -0.15) is 0 Å². The molecule has 138 valence electrons. The summed E-state index contributed by atoms with van der Waals surface area (Å²) in [5, 5.41) is 3.02. The Hall–Kier alpha value is -3.28. The van der Waals surface area contributed by atoms with Crippen LogP contribution in [0.5, 0.6) is 5.75 Å². The molecule has 4 rings (SSSR count). The number of amides is 1. The second kappa shape index (κ2) is 7.15. The largest absolute Gasteiger partial charge is 0.497 e. The van der Waals surface area contributed by atoms with Crippen LogP contribution in [0.2, 0.25) is 0 Å². The first-order chi connectivity index (χ1) is 13.2. The van der Waals surface area contributed by atoms with Gasteiger partial charge in [0.25, 0.3) is 11.5 Å². The Balaban J connectivity index is 1.55. The van der Waals surface area contributed by atoms with Crippen molar-refractivity contribution in [1.82, 2.24) is 10.3 Å². The maximum absolute atomic E-state index is 12.7.